The van der Waals surface area contributed by atoms with Crippen molar-refractivity contribution in [2.75, 3.05) is 12.3 Å². The van der Waals surface area contributed by atoms with Crippen molar-refractivity contribution in [3.8, 4) is 0 Å². The van der Waals surface area contributed by atoms with Crippen molar-refractivity contribution < 1.29 is 4.79 Å². The molecule has 0 aliphatic heterocycles. The number of carbonyl (C=O) groups excluding carboxylic acids is 1. The molecule has 0 aliphatic rings. The SMILES string of the molecule is CCNC(=O)CSC(C)C. The highest BCUT2D eigenvalue weighted by atomic mass is 32.2. The first kappa shape index (κ1) is 9.82. The van der Waals surface area contributed by atoms with Gasteiger partial charge in [-0.15, -0.1) is 11.8 Å². The molecule has 60 valence electrons. The molecule has 0 bridgehead atoms. The van der Waals surface area contributed by atoms with E-state index < -0.39 is 0 Å². The molecule has 3 heteroatoms. The fraction of sp³-hybridized carbons (Fsp3) is 0.857. The third kappa shape index (κ3) is 5.95. The number of thioether (sulfide) groups is 1. The van der Waals surface area contributed by atoms with Crippen LogP contribution in [0.5, 0.6) is 0 Å². The van der Waals surface area contributed by atoms with Crippen LogP contribution < -0.4 is 5.32 Å². The average molecular weight is 161 g/mol. The second kappa shape index (κ2) is 5.59. The number of amides is 1. The molecule has 10 heavy (non-hydrogen) atoms. The summed E-state index contributed by atoms with van der Waals surface area (Å²) in [7, 11) is 0. The third-order valence-corrected chi connectivity index (χ3v) is 2.02. The standard InChI is InChI=1S/C7H15NOS/c1-4-8-7(9)5-10-6(2)3/h6H,4-5H2,1-3H3,(H,8,9). The van der Waals surface area contributed by atoms with Crippen molar-refractivity contribution in [2.45, 2.75) is 26.0 Å². The fourth-order valence-electron chi connectivity index (χ4n) is 0.491. The first-order valence-electron chi connectivity index (χ1n) is 3.55. The number of rotatable bonds is 4. The molecule has 0 saturated heterocycles. The maximum atomic E-state index is 10.8. The van der Waals surface area contributed by atoms with Gasteiger partial charge in [0.2, 0.25) is 5.91 Å². The predicted molar refractivity (Wildman–Crippen MR) is 46.3 cm³/mol. The van der Waals surface area contributed by atoms with Crippen LogP contribution in [0.1, 0.15) is 20.8 Å². The van der Waals surface area contributed by atoms with Gasteiger partial charge in [-0.05, 0) is 12.2 Å². The van der Waals surface area contributed by atoms with Gasteiger partial charge in [0.1, 0.15) is 0 Å². The Labute approximate surface area is 66.8 Å². The molecule has 0 aliphatic carbocycles. The number of carbonyl (C=O) groups is 1. The summed E-state index contributed by atoms with van der Waals surface area (Å²) in [6, 6.07) is 0. The Morgan fingerprint density at radius 2 is 2.20 bits per heavy atom. The molecule has 0 aromatic carbocycles. The van der Waals surface area contributed by atoms with Crippen molar-refractivity contribution in [3.05, 3.63) is 0 Å². The molecule has 0 saturated carbocycles. The maximum Gasteiger partial charge on any atom is 0.229 e. The van der Waals surface area contributed by atoms with Crippen molar-refractivity contribution in [1.82, 2.24) is 5.32 Å². The summed E-state index contributed by atoms with van der Waals surface area (Å²) in [5.74, 6) is 0.729. The molecule has 1 N–H and O–H groups in total. The van der Waals surface area contributed by atoms with E-state index in [1.165, 1.54) is 0 Å². The van der Waals surface area contributed by atoms with E-state index in [0.29, 0.717) is 11.0 Å². The molecular weight excluding hydrogens is 146 g/mol. The number of nitrogens with one attached hydrogen (secondary N) is 1. The van der Waals surface area contributed by atoms with E-state index in [9.17, 15) is 4.79 Å². The van der Waals surface area contributed by atoms with Gasteiger partial charge in [-0.3, -0.25) is 4.79 Å². The molecule has 0 fully saturated rings. The van der Waals surface area contributed by atoms with E-state index in [2.05, 4.69) is 19.2 Å². The molecule has 0 radical (unpaired) electrons. The molecule has 0 heterocycles. The summed E-state index contributed by atoms with van der Waals surface area (Å²) in [6.07, 6.45) is 0. The van der Waals surface area contributed by atoms with Gasteiger partial charge < -0.3 is 5.32 Å². The summed E-state index contributed by atoms with van der Waals surface area (Å²) >= 11 is 1.67. The first-order valence-corrected chi connectivity index (χ1v) is 4.60. The minimum Gasteiger partial charge on any atom is -0.356 e. The molecule has 0 unspecified atom stereocenters. The van der Waals surface area contributed by atoms with Crippen molar-refractivity contribution in [3.63, 3.8) is 0 Å². The van der Waals surface area contributed by atoms with Crippen molar-refractivity contribution in [1.29, 1.82) is 0 Å². The first-order chi connectivity index (χ1) is 4.66. The van der Waals surface area contributed by atoms with Gasteiger partial charge in [0, 0.05) is 6.54 Å². The number of hydrogen-bond acceptors (Lipinski definition) is 2. The minimum absolute atomic E-state index is 0.140. The molecule has 2 nitrogen and oxygen atoms in total. The monoisotopic (exact) mass is 161 g/mol. The lowest BCUT2D eigenvalue weighted by atomic mass is 10.6. The van der Waals surface area contributed by atoms with Crippen molar-refractivity contribution in [2.24, 2.45) is 0 Å². The molecule has 0 atom stereocenters. The van der Waals surface area contributed by atoms with E-state index in [4.69, 9.17) is 0 Å². The Kier molecular flexibility index (Phi) is 5.49. The minimum atomic E-state index is 0.140. The fourth-order valence-corrected chi connectivity index (χ4v) is 1.08. The van der Waals surface area contributed by atoms with Gasteiger partial charge >= 0.3 is 0 Å². The zero-order valence-corrected chi connectivity index (χ0v) is 7.62. The number of hydrogen-bond donors (Lipinski definition) is 1. The van der Waals surface area contributed by atoms with Gasteiger partial charge in [-0.1, -0.05) is 13.8 Å². The predicted octanol–water partition coefficient (Wildman–Crippen LogP) is 1.26. The summed E-state index contributed by atoms with van der Waals surface area (Å²) in [6.45, 7) is 6.84. The van der Waals surface area contributed by atoms with Crippen LogP contribution in [0.15, 0.2) is 0 Å². The van der Waals surface area contributed by atoms with Crippen LogP contribution >= 0.6 is 11.8 Å². The highest BCUT2D eigenvalue weighted by Gasteiger charge is 2.00. The zero-order chi connectivity index (χ0) is 7.98. The van der Waals surface area contributed by atoms with Crippen LogP contribution in [0.2, 0.25) is 0 Å². The Hall–Kier alpha value is -0.180. The summed E-state index contributed by atoms with van der Waals surface area (Å²) in [5, 5.41) is 3.29. The van der Waals surface area contributed by atoms with Gasteiger partial charge in [0.05, 0.1) is 5.75 Å². The van der Waals surface area contributed by atoms with Crippen LogP contribution in [0.25, 0.3) is 0 Å². The molecule has 0 aromatic heterocycles. The van der Waals surface area contributed by atoms with E-state index in [0.717, 1.165) is 6.54 Å². The van der Waals surface area contributed by atoms with E-state index >= 15 is 0 Å². The lowest BCUT2D eigenvalue weighted by molar-refractivity contribution is -0.118. The highest BCUT2D eigenvalue weighted by molar-refractivity contribution is 8.00. The van der Waals surface area contributed by atoms with E-state index in [-0.39, 0.29) is 5.91 Å². The highest BCUT2D eigenvalue weighted by Crippen LogP contribution is 2.07. The largest absolute Gasteiger partial charge is 0.356 e. The average Bonchev–Trinajstić information content (AvgIpc) is 1.85. The van der Waals surface area contributed by atoms with Crippen molar-refractivity contribution >= 4 is 17.7 Å². The quantitative estimate of drug-likeness (QED) is 0.672. The van der Waals surface area contributed by atoms with Crippen LogP contribution in [-0.4, -0.2) is 23.5 Å². The van der Waals surface area contributed by atoms with Crippen LogP contribution in [0.4, 0.5) is 0 Å². The normalized spacial score (nSPS) is 10.0. The zero-order valence-electron chi connectivity index (χ0n) is 6.81. The molecule has 0 aromatic rings. The second-order valence-electron chi connectivity index (χ2n) is 2.31. The van der Waals surface area contributed by atoms with Gasteiger partial charge in [0.15, 0.2) is 0 Å². The lowest BCUT2D eigenvalue weighted by Crippen LogP contribution is -2.24. The molecule has 0 rings (SSSR count). The van der Waals surface area contributed by atoms with E-state index in [1.54, 1.807) is 11.8 Å². The topological polar surface area (TPSA) is 29.1 Å². The Bertz CT molecular complexity index is 104. The van der Waals surface area contributed by atoms with E-state index in [1.807, 2.05) is 6.92 Å². The van der Waals surface area contributed by atoms with Gasteiger partial charge in [-0.25, -0.2) is 0 Å². The van der Waals surface area contributed by atoms with Crippen LogP contribution in [0, 0.1) is 0 Å². The lowest BCUT2D eigenvalue weighted by Gasteiger charge is -2.03. The second-order valence-corrected chi connectivity index (χ2v) is 3.88. The van der Waals surface area contributed by atoms with Crippen LogP contribution in [-0.2, 0) is 4.79 Å². The maximum absolute atomic E-state index is 10.8. The Morgan fingerprint density at radius 3 is 2.60 bits per heavy atom. The summed E-state index contributed by atoms with van der Waals surface area (Å²) in [4.78, 5) is 10.8. The summed E-state index contributed by atoms with van der Waals surface area (Å²) < 4.78 is 0. The van der Waals surface area contributed by atoms with Crippen LogP contribution in [0.3, 0.4) is 0 Å². The molecule has 1 amide bonds. The third-order valence-electron chi connectivity index (χ3n) is 0.922. The summed E-state index contributed by atoms with van der Waals surface area (Å²) in [5.41, 5.74) is 0. The molecular formula is C7H15NOS. The Balaban J connectivity index is 3.22. The smallest absolute Gasteiger partial charge is 0.229 e. The van der Waals surface area contributed by atoms with Gasteiger partial charge in [-0.2, -0.15) is 0 Å². The Morgan fingerprint density at radius 1 is 1.60 bits per heavy atom. The van der Waals surface area contributed by atoms with Gasteiger partial charge in [0.25, 0.3) is 0 Å². The molecule has 0 spiro atoms.